The molecular weight excluding hydrogens is 275 g/mol. The van der Waals surface area contributed by atoms with Gasteiger partial charge >= 0.3 is 6.18 Å². The van der Waals surface area contributed by atoms with Crippen molar-refractivity contribution in [2.75, 3.05) is 24.0 Å². The van der Waals surface area contributed by atoms with Crippen LogP contribution in [0.4, 0.5) is 18.9 Å². The van der Waals surface area contributed by atoms with Crippen LogP contribution in [0.2, 0.25) is 0 Å². The topological polar surface area (TPSA) is 20.3 Å². The molecule has 1 rings (SSSR count). The molecule has 19 heavy (non-hydrogen) atoms. The first-order valence-corrected chi connectivity index (χ1v) is 7.08. The van der Waals surface area contributed by atoms with E-state index in [-0.39, 0.29) is 17.9 Å². The van der Waals surface area contributed by atoms with Crippen LogP contribution in [0.25, 0.3) is 0 Å². The number of anilines is 1. The molecular formula is C13H16F3NOS. The summed E-state index contributed by atoms with van der Waals surface area (Å²) in [7, 11) is 1.75. The van der Waals surface area contributed by atoms with E-state index in [1.807, 2.05) is 13.2 Å². The normalized spacial score (nSPS) is 13.2. The Morgan fingerprint density at radius 2 is 2.05 bits per heavy atom. The first kappa shape index (κ1) is 15.9. The van der Waals surface area contributed by atoms with Gasteiger partial charge in [-0.3, -0.25) is 4.79 Å². The number of nitrogens with zero attached hydrogens (tertiary/aromatic N) is 1. The molecule has 0 saturated heterocycles. The lowest BCUT2D eigenvalue weighted by Crippen LogP contribution is -2.31. The summed E-state index contributed by atoms with van der Waals surface area (Å²) in [5.41, 5.74) is -0.759. The molecule has 0 fully saturated rings. The fourth-order valence-corrected chi connectivity index (χ4v) is 2.43. The molecule has 2 nitrogen and oxygen atoms in total. The third kappa shape index (κ3) is 3.89. The van der Waals surface area contributed by atoms with Gasteiger partial charge in [-0.25, -0.2) is 0 Å². The first-order valence-electron chi connectivity index (χ1n) is 5.69. The molecule has 0 spiro atoms. The summed E-state index contributed by atoms with van der Waals surface area (Å²) in [5.74, 6) is 0.813. The molecule has 6 heteroatoms. The van der Waals surface area contributed by atoms with Gasteiger partial charge < -0.3 is 4.90 Å². The largest absolute Gasteiger partial charge is 0.417 e. The molecule has 0 amide bonds. The zero-order chi connectivity index (χ0) is 14.6. The summed E-state index contributed by atoms with van der Waals surface area (Å²) >= 11 is 1.63. The third-order valence-corrected chi connectivity index (χ3v) is 3.76. The lowest BCUT2D eigenvalue weighted by Gasteiger charge is -2.27. The predicted octanol–water partition coefficient (Wildman–Crippen LogP) is 3.71. The highest BCUT2D eigenvalue weighted by Crippen LogP contribution is 2.34. The average molecular weight is 291 g/mol. The number of alkyl halides is 3. The zero-order valence-corrected chi connectivity index (χ0v) is 11.8. The number of hydrogen-bond acceptors (Lipinski definition) is 3. The van der Waals surface area contributed by atoms with Crippen molar-refractivity contribution in [3.8, 4) is 0 Å². The van der Waals surface area contributed by atoms with Gasteiger partial charge in [0, 0.05) is 30.1 Å². The monoisotopic (exact) mass is 291 g/mol. The van der Waals surface area contributed by atoms with Gasteiger partial charge in [0.1, 0.15) is 0 Å². The second-order valence-corrected chi connectivity index (χ2v) is 5.21. The fourth-order valence-electron chi connectivity index (χ4n) is 1.72. The minimum atomic E-state index is -4.52. The van der Waals surface area contributed by atoms with E-state index in [4.69, 9.17) is 0 Å². The van der Waals surface area contributed by atoms with Crippen LogP contribution in [-0.2, 0) is 6.18 Å². The Hall–Kier alpha value is -1.17. The molecule has 1 atom stereocenters. The molecule has 0 radical (unpaired) electrons. The summed E-state index contributed by atoms with van der Waals surface area (Å²) in [6.07, 6.45) is -2.34. The average Bonchev–Trinajstić information content (AvgIpc) is 2.36. The number of aldehydes is 1. The molecule has 0 bridgehead atoms. The third-order valence-electron chi connectivity index (χ3n) is 2.95. The van der Waals surface area contributed by atoms with Crippen molar-refractivity contribution >= 4 is 23.7 Å². The highest BCUT2D eigenvalue weighted by Gasteiger charge is 2.34. The van der Waals surface area contributed by atoms with Crippen molar-refractivity contribution < 1.29 is 18.0 Å². The number of benzene rings is 1. The predicted molar refractivity (Wildman–Crippen MR) is 73.1 cm³/mol. The highest BCUT2D eigenvalue weighted by molar-refractivity contribution is 7.98. The van der Waals surface area contributed by atoms with Gasteiger partial charge in [0.05, 0.1) is 5.56 Å². The second-order valence-electron chi connectivity index (χ2n) is 4.30. The maximum atomic E-state index is 12.8. The van der Waals surface area contributed by atoms with Gasteiger partial charge in [0.25, 0.3) is 0 Å². The molecule has 0 aliphatic carbocycles. The van der Waals surface area contributed by atoms with Crippen molar-refractivity contribution in [3.63, 3.8) is 0 Å². The van der Waals surface area contributed by atoms with Crippen LogP contribution < -0.4 is 4.90 Å². The van der Waals surface area contributed by atoms with Crippen LogP contribution in [0, 0.1) is 0 Å². The molecule has 1 aromatic carbocycles. The van der Waals surface area contributed by atoms with Gasteiger partial charge in [0.15, 0.2) is 6.29 Å². The standard InChI is InChI=1S/C13H16F3NOS/c1-9(8-19-3)17(2)11-5-4-10(7-18)12(6-11)13(14,15)16/h4-7,9H,8H2,1-3H3. The number of carbonyl (C=O) groups is 1. The minimum Gasteiger partial charge on any atom is -0.371 e. The molecule has 0 aliphatic heterocycles. The summed E-state index contributed by atoms with van der Waals surface area (Å²) in [4.78, 5) is 12.5. The van der Waals surface area contributed by atoms with E-state index in [0.29, 0.717) is 5.69 Å². The van der Waals surface area contributed by atoms with Crippen molar-refractivity contribution in [1.82, 2.24) is 0 Å². The molecule has 0 heterocycles. The molecule has 106 valence electrons. The van der Waals surface area contributed by atoms with Crippen LogP contribution in [-0.4, -0.2) is 31.4 Å². The lowest BCUT2D eigenvalue weighted by atomic mass is 10.1. The Balaban J connectivity index is 3.15. The van der Waals surface area contributed by atoms with Gasteiger partial charge in [-0.15, -0.1) is 0 Å². The van der Waals surface area contributed by atoms with Gasteiger partial charge in [0.2, 0.25) is 0 Å². The quantitative estimate of drug-likeness (QED) is 0.771. The van der Waals surface area contributed by atoms with Crippen LogP contribution >= 0.6 is 11.8 Å². The van der Waals surface area contributed by atoms with Crippen LogP contribution in [0.3, 0.4) is 0 Å². The van der Waals surface area contributed by atoms with E-state index in [9.17, 15) is 18.0 Å². The minimum absolute atomic E-state index is 0.109. The number of carbonyl (C=O) groups excluding carboxylic acids is 1. The van der Waals surface area contributed by atoms with E-state index in [0.717, 1.165) is 11.8 Å². The van der Waals surface area contributed by atoms with Crippen molar-refractivity contribution in [2.45, 2.75) is 19.1 Å². The van der Waals surface area contributed by atoms with E-state index >= 15 is 0 Å². The Morgan fingerprint density at radius 3 is 2.53 bits per heavy atom. The van der Waals surface area contributed by atoms with Crippen LogP contribution in [0.1, 0.15) is 22.8 Å². The number of thioether (sulfide) groups is 1. The maximum Gasteiger partial charge on any atom is 0.417 e. The van der Waals surface area contributed by atoms with Gasteiger partial charge in [-0.1, -0.05) is 0 Å². The highest BCUT2D eigenvalue weighted by atomic mass is 32.2. The molecule has 1 unspecified atom stereocenters. The second kappa shape index (κ2) is 6.32. The molecule has 0 saturated carbocycles. The molecule has 0 N–H and O–H groups in total. The van der Waals surface area contributed by atoms with Gasteiger partial charge in [-0.05, 0) is 31.4 Å². The van der Waals surface area contributed by atoms with Gasteiger partial charge in [-0.2, -0.15) is 24.9 Å². The summed E-state index contributed by atoms with van der Waals surface area (Å²) in [6.45, 7) is 1.94. The number of halogens is 3. The van der Waals surface area contributed by atoms with Crippen molar-refractivity contribution in [2.24, 2.45) is 0 Å². The van der Waals surface area contributed by atoms with Crippen molar-refractivity contribution in [3.05, 3.63) is 29.3 Å². The Bertz CT molecular complexity index is 448. The molecule has 0 aromatic heterocycles. The smallest absolute Gasteiger partial charge is 0.371 e. The fraction of sp³-hybridized carbons (Fsp3) is 0.462. The van der Waals surface area contributed by atoms with Crippen LogP contribution in [0.15, 0.2) is 18.2 Å². The van der Waals surface area contributed by atoms with E-state index < -0.39 is 11.7 Å². The first-order chi connectivity index (χ1) is 8.81. The van der Waals surface area contributed by atoms with E-state index in [2.05, 4.69) is 0 Å². The Morgan fingerprint density at radius 1 is 1.42 bits per heavy atom. The number of hydrogen-bond donors (Lipinski definition) is 0. The molecule has 1 aromatic rings. The Kier molecular flexibility index (Phi) is 5.29. The van der Waals surface area contributed by atoms with Crippen LogP contribution in [0.5, 0.6) is 0 Å². The maximum absolute atomic E-state index is 12.8. The van der Waals surface area contributed by atoms with Crippen molar-refractivity contribution in [1.29, 1.82) is 0 Å². The number of rotatable bonds is 5. The summed E-state index contributed by atoms with van der Waals surface area (Å²) < 4.78 is 38.5. The van der Waals surface area contributed by atoms with E-state index in [1.54, 1.807) is 23.7 Å². The molecule has 0 aliphatic rings. The summed E-state index contributed by atoms with van der Waals surface area (Å²) in [6, 6.07) is 3.89. The SMILES string of the molecule is CSCC(C)N(C)c1ccc(C=O)c(C(F)(F)F)c1. The van der Waals surface area contributed by atoms with E-state index in [1.165, 1.54) is 12.1 Å². The lowest BCUT2D eigenvalue weighted by molar-refractivity contribution is -0.137. The zero-order valence-electron chi connectivity index (χ0n) is 11.0. The summed E-state index contributed by atoms with van der Waals surface area (Å²) in [5, 5.41) is 0. The Labute approximate surface area is 115 Å².